The van der Waals surface area contributed by atoms with Gasteiger partial charge in [0, 0.05) is 0 Å². The van der Waals surface area contributed by atoms with Crippen molar-refractivity contribution in [3.05, 3.63) is 35.3 Å². The molecule has 0 unspecified atom stereocenters. The van der Waals surface area contributed by atoms with Crippen LogP contribution < -0.4 is 0 Å². The second-order valence-corrected chi connectivity index (χ2v) is 2.21. The summed E-state index contributed by atoms with van der Waals surface area (Å²) in [5.74, 6) is -1.58. The number of carbonyl (C=O) groups is 1. The number of aromatic carboxylic acids is 1. The number of benzene rings is 1. The third-order valence-corrected chi connectivity index (χ3v) is 1.29. The van der Waals surface area contributed by atoms with Gasteiger partial charge in [-0.3, -0.25) is 0 Å². The maximum atomic E-state index is 12.2. The Morgan fingerprint density at radius 3 is 2.15 bits per heavy atom. The van der Waals surface area contributed by atoms with E-state index < -0.39 is 35.4 Å². The molecule has 70 valence electrons. The van der Waals surface area contributed by atoms with E-state index in [1.54, 1.807) is 0 Å². The van der Waals surface area contributed by atoms with E-state index in [0.717, 1.165) is 0 Å². The fraction of sp³-hybridized carbons (Fsp3) is 0.125. The molecule has 1 rings (SSSR count). The molecule has 0 aromatic heterocycles. The minimum atomic E-state index is -4.68. The van der Waals surface area contributed by atoms with Gasteiger partial charge in [-0.15, -0.1) is 0 Å². The SMILES string of the molecule is [2H]c1cc(C(F)(F)F)cc([2H])c1C(=O)O. The standard InChI is InChI=1S/C8H5F3O2/c9-8(10,11)6-3-1-5(2-4-6)7(12)13/h1-4H,(H,12,13)/i1D,2D. The minimum absolute atomic E-state index is 0.390. The molecule has 0 radical (unpaired) electrons. The van der Waals surface area contributed by atoms with E-state index in [1.165, 1.54) is 0 Å². The molecule has 1 aromatic carbocycles. The highest BCUT2D eigenvalue weighted by molar-refractivity contribution is 5.87. The zero-order chi connectivity index (χ0) is 11.8. The summed E-state index contributed by atoms with van der Waals surface area (Å²) in [6, 6.07) is -0.854. The van der Waals surface area contributed by atoms with Crippen molar-refractivity contribution >= 4 is 5.97 Å². The molecule has 0 aliphatic rings. The van der Waals surface area contributed by atoms with E-state index in [-0.39, 0.29) is 0 Å². The summed E-state index contributed by atoms with van der Waals surface area (Å²) in [6.07, 6.45) is -4.68. The molecular weight excluding hydrogens is 185 g/mol. The molecular formula is C8H5F3O2. The first-order valence-electron chi connectivity index (χ1n) is 4.15. The van der Waals surface area contributed by atoms with Crippen LogP contribution in [0, 0.1) is 0 Å². The molecule has 0 spiro atoms. The average Bonchev–Trinajstić information content (AvgIpc) is 1.99. The van der Waals surface area contributed by atoms with Gasteiger partial charge >= 0.3 is 12.1 Å². The third kappa shape index (κ3) is 2.21. The number of carboxylic acids is 1. The number of alkyl halides is 3. The summed E-state index contributed by atoms with van der Waals surface area (Å²) >= 11 is 0. The monoisotopic (exact) mass is 192 g/mol. The van der Waals surface area contributed by atoms with E-state index in [2.05, 4.69) is 0 Å². The highest BCUT2D eigenvalue weighted by atomic mass is 19.4. The van der Waals surface area contributed by atoms with Gasteiger partial charge in [0.05, 0.1) is 13.9 Å². The fourth-order valence-electron chi connectivity index (χ4n) is 0.670. The highest BCUT2D eigenvalue weighted by Gasteiger charge is 2.30. The van der Waals surface area contributed by atoms with Gasteiger partial charge in [-0.1, -0.05) is 0 Å². The van der Waals surface area contributed by atoms with Crippen LogP contribution in [0.3, 0.4) is 0 Å². The Morgan fingerprint density at radius 1 is 1.38 bits per heavy atom. The number of halogens is 3. The lowest BCUT2D eigenvalue weighted by atomic mass is 10.1. The molecule has 1 aromatic rings. The molecule has 0 fully saturated rings. The predicted molar refractivity (Wildman–Crippen MR) is 38.4 cm³/mol. The molecule has 0 amide bonds. The summed E-state index contributed by atoms with van der Waals surface area (Å²) in [5, 5.41) is 8.52. The first-order valence-corrected chi connectivity index (χ1v) is 3.15. The summed E-state index contributed by atoms with van der Waals surface area (Å²) in [6.45, 7) is 0. The van der Waals surface area contributed by atoms with Crippen molar-refractivity contribution in [2.45, 2.75) is 6.18 Å². The Bertz CT molecular complexity index is 392. The first kappa shape index (κ1) is 6.94. The lowest BCUT2D eigenvalue weighted by Crippen LogP contribution is -2.05. The van der Waals surface area contributed by atoms with E-state index >= 15 is 0 Å². The zero-order valence-electron chi connectivity index (χ0n) is 8.14. The molecule has 0 aliphatic carbocycles. The van der Waals surface area contributed by atoms with E-state index in [9.17, 15) is 18.0 Å². The van der Waals surface area contributed by atoms with Crippen LogP contribution in [-0.2, 0) is 6.18 Å². The molecule has 0 aliphatic heterocycles. The van der Waals surface area contributed by atoms with Crippen molar-refractivity contribution in [1.29, 1.82) is 0 Å². The molecule has 0 saturated carbocycles. The Hall–Kier alpha value is -1.52. The molecule has 0 saturated heterocycles. The van der Waals surface area contributed by atoms with Gasteiger partial charge in [0.25, 0.3) is 0 Å². The smallest absolute Gasteiger partial charge is 0.416 e. The van der Waals surface area contributed by atoms with E-state index in [4.69, 9.17) is 7.85 Å². The lowest BCUT2D eigenvalue weighted by Gasteiger charge is -2.05. The maximum absolute atomic E-state index is 12.2. The van der Waals surface area contributed by atoms with Crippen molar-refractivity contribution < 1.29 is 25.8 Å². The molecule has 13 heavy (non-hydrogen) atoms. The largest absolute Gasteiger partial charge is 0.478 e. The van der Waals surface area contributed by atoms with Gasteiger partial charge in [0.15, 0.2) is 0 Å². The third-order valence-electron chi connectivity index (χ3n) is 1.29. The summed E-state index contributed by atoms with van der Waals surface area (Å²) < 4.78 is 50.6. The normalized spacial score (nSPS) is 13.5. The van der Waals surface area contributed by atoms with Crippen LogP contribution in [0.5, 0.6) is 0 Å². The van der Waals surface area contributed by atoms with E-state index in [0.29, 0.717) is 12.1 Å². The van der Waals surface area contributed by atoms with Crippen LogP contribution in [0.15, 0.2) is 24.2 Å². The number of rotatable bonds is 1. The zero-order valence-corrected chi connectivity index (χ0v) is 6.14. The Morgan fingerprint density at radius 2 is 1.85 bits per heavy atom. The van der Waals surface area contributed by atoms with Gasteiger partial charge in [0.2, 0.25) is 0 Å². The van der Waals surface area contributed by atoms with E-state index in [1.807, 2.05) is 0 Å². The second-order valence-electron chi connectivity index (χ2n) is 2.21. The molecule has 2 nitrogen and oxygen atoms in total. The van der Waals surface area contributed by atoms with Crippen molar-refractivity contribution in [2.24, 2.45) is 0 Å². The summed E-state index contributed by atoms with van der Waals surface area (Å²) in [7, 11) is 0. The summed E-state index contributed by atoms with van der Waals surface area (Å²) in [4.78, 5) is 10.5. The van der Waals surface area contributed by atoms with Gasteiger partial charge in [-0.05, 0) is 24.2 Å². The molecule has 5 heteroatoms. The summed E-state index contributed by atoms with van der Waals surface area (Å²) in [5.41, 5.74) is -1.93. The molecule has 1 N–H and O–H groups in total. The quantitative estimate of drug-likeness (QED) is 0.741. The number of carboxylic acid groups (broad SMARTS) is 1. The second kappa shape index (κ2) is 3.08. The van der Waals surface area contributed by atoms with Crippen LogP contribution in [0.1, 0.15) is 18.7 Å². The van der Waals surface area contributed by atoms with Crippen LogP contribution in [-0.4, -0.2) is 11.1 Å². The van der Waals surface area contributed by atoms with Crippen LogP contribution in [0.25, 0.3) is 0 Å². The maximum Gasteiger partial charge on any atom is 0.416 e. The minimum Gasteiger partial charge on any atom is -0.478 e. The topological polar surface area (TPSA) is 37.3 Å². The van der Waals surface area contributed by atoms with Crippen molar-refractivity contribution in [3.8, 4) is 0 Å². The van der Waals surface area contributed by atoms with Crippen LogP contribution >= 0.6 is 0 Å². The van der Waals surface area contributed by atoms with Gasteiger partial charge < -0.3 is 5.11 Å². The average molecular weight is 192 g/mol. The Kier molecular flexibility index (Phi) is 1.65. The van der Waals surface area contributed by atoms with Crippen LogP contribution in [0.2, 0.25) is 0 Å². The van der Waals surface area contributed by atoms with Gasteiger partial charge in [-0.2, -0.15) is 13.2 Å². The molecule has 0 heterocycles. The van der Waals surface area contributed by atoms with Crippen molar-refractivity contribution in [2.75, 3.05) is 0 Å². The fourth-order valence-corrected chi connectivity index (χ4v) is 0.670. The molecule has 0 bridgehead atoms. The highest BCUT2D eigenvalue weighted by Crippen LogP contribution is 2.28. The lowest BCUT2D eigenvalue weighted by molar-refractivity contribution is -0.137. The number of hydrogen-bond acceptors (Lipinski definition) is 1. The Labute approximate surface area is 74.4 Å². The first-order chi connectivity index (χ1) is 6.73. The van der Waals surface area contributed by atoms with Crippen LogP contribution in [0.4, 0.5) is 13.2 Å². The Balaban J connectivity index is 3.39. The predicted octanol–water partition coefficient (Wildman–Crippen LogP) is 2.40. The van der Waals surface area contributed by atoms with Gasteiger partial charge in [0.1, 0.15) is 0 Å². The van der Waals surface area contributed by atoms with Crippen molar-refractivity contribution in [1.82, 2.24) is 0 Å². The van der Waals surface area contributed by atoms with Gasteiger partial charge in [-0.25, -0.2) is 4.79 Å². The van der Waals surface area contributed by atoms with Crippen molar-refractivity contribution in [3.63, 3.8) is 0 Å². The molecule has 0 atom stereocenters. The number of hydrogen-bond donors (Lipinski definition) is 1.